The third-order valence-electron chi connectivity index (χ3n) is 5.19. The Morgan fingerprint density at radius 1 is 1.29 bits per heavy atom. The predicted molar refractivity (Wildman–Crippen MR) is 119 cm³/mol. The number of ether oxygens (including phenoxy) is 1. The highest BCUT2D eigenvalue weighted by molar-refractivity contribution is 5.80. The number of rotatable bonds is 8. The molecule has 2 aromatic rings. The van der Waals surface area contributed by atoms with E-state index in [4.69, 9.17) is 0 Å². The van der Waals surface area contributed by atoms with Gasteiger partial charge in [0, 0.05) is 50.8 Å². The molecule has 0 aliphatic carbocycles. The molecule has 0 saturated carbocycles. The van der Waals surface area contributed by atoms with Gasteiger partial charge in [-0.15, -0.1) is 0 Å². The van der Waals surface area contributed by atoms with Gasteiger partial charge in [0.2, 0.25) is 0 Å². The van der Waals surface area contributed by atoms with E-state index in [1.54, 1.807) is 19.2 Å². The molecule has 170 valence electrons. The van der Waals surface area contributed by atoms with E-state index < -0.39 is 6.61 Å². The van der Waals surface area contributed by atoms with Crippen molar-refractivity contribution in [2.75, 3.05) is 25.0 Å². The number of piperidine rings is 1. The summed E-state index contributed by atoms with van der Waals surface area (Å²) in [4.78, 5) is 11.1. The first-order chi connectivity index (χ1) is 14.9. The Labute approximate surface area is 182 Å². The number of nitrogens with one attached hydrogen (secondary N) is 2. The summed E-state index contributed by atoms with van der Waals surface area (Å²) in [5.41, 5.74) is 0.992. The molecule has 2 N–H and O–H groups in total. The van der Waals surface area contributed by atoms with Crippen LogP contribution in [-0.2, 0) is 13.1 Å². The number of alkyl halides is 2. The molecule has 9 heteroatoms. The number of halogens is 2. The lowest BCUT2D eigenvalue weighted by Gasteiger charge is -2.35. The van der Waals surface area contributed by atoms with Gasteiger partial charge in [-0.05, 0) is 43.0 Å². The van der Waals surface area contributed by atoms with Crippen LogP contribution in [0, 0.1) is 5.92 Å². The molecule has 3 rings (SSSR count). The zero-order chi connectivity index (χ0) is 22.2. The highest BCUT2D eigenvalue weighted by Gasteiger charge is 2.21. The van der Waals surface area contributed by atoms with E-state index in [0.717, 1.165) is 49.9 Å². The third-order valence-corrected chi connectivity index (χ3v) is 5.19. The van der Waals surface area contributed by atoms with Crippen molar-refractivity contribution in [3.63, 3.8) is 0 Å². The second-order valence-corrected chi connectivity index (χ2v) is 8.12. The summed E-state index contributed by atoms with van der Waals surface area (Å²) in [6.45, 7) is 4.82. The van der Waals surface area contributed by atoms with Gasteiger partial charge in [-0.25, -0.2) is 4.98 Å². The fourth-order valence-electron chi connectivity index (χ4n) is 3.79. The van der Waals surface area contributed by atoms with Crippen LogP contribution in [0.4, 0.5) is 14.5 Å². The van der Waals surface area contributed by atoms with Gasteiger partial charge in [0.05, 0.1) is 6.54 Å². The number of hydrogen-bond acceptors (Lipinski definition) is 4. The Hall–Kier alpha value is -2.84. The number of imidazole rings is 1. The average Bonchev–Trinajstić information content (AvgIpc) is 3.17. The van der Waals surface area contributed by atoms with Crippen molar-refractivity contribution in [3.05, 3.63) is 42.5 Å². The third kappa shape index (κ3) is 6.83. The van der Waals surface area contributed by atoms with Gasteiger partial charge in [-0.2, -0.15) is 8.78 Å². The number of benzene rings is 1. The molecular weight excluding hydrogens is 402 g/mol. The molecule has 1 saturated heterocycles. The Balaban J connectivity index is 1.53. The van der Waals surface area contributed by atoms with Crippen molar-refractivity contribution in [1.82, 2.24) is 20.2 Å². The number of anilines is 1. The quantitative estimate of drug-likeness (QED) is 0.492. The van der Waals surface area contributed by atoms with Crippen molar-refractivity contribution >= 4 is 11.6 Å². The maximum absolute atomic E-state index is 12.3. The van der Waals surface area contributed by atoms with E-state index in [-0.39, 0.29) is 11.8 Å². The van der Waals surface area contributed by atoms with E-state index in [0.29, 0.717) is 12.5 Å². The van der Waals surface area contributed by atoms with Crippen LogP contribution in [0.3, 0.4) is 0 Å². The summed E-state index contributed by atoms with van der Waals surface area (Å²) in [5, 5.41) is 6.86. The van der Waals surface area contributed by atoms with Gasteiger partial charge in [0.1, 0.15) is 11.6 Å². The zero-order valence-electron chi connectivity index (χ0n) is 18.4. The van der Waals surface area contributed by atoms with E-state index in [1.165, 1.54) is 0 Å². The van der Waals surface area contributed by atoms with Crippen molar-refractivity contribution < 1.29 is 13.5 Å². The van der Waals surface area contributed by atoms with Gasteiger partial charge < -0.3 is 24.8 Å². The van der Waals surface area contributed by atoms with Gasteiger partial charge >= 0.3 is 6.61 Å². The Kier molecular flexibility index (Phi) is 8.08. The fourth-order valence-corrected chi connectivity index (χ4v) is 3.79. The molecule has 1 aliphatic rings. The lowest BCUT2D eigenvalue weighted by molar-refractivity contribution is -0.0498. The minimum absolute atomic E-state index is 0.172. The smallest absolute Gasteiger partial charge is 0.387 e. The molecule has 31 heavy (non-hydrogen) atoms. The molecule has 1 aliphatic heterocycles. The van der Waals surface area contributed by atoms with Crippen LogP contribution in [0.5, 0.6) is 5.75 Å². The summed E-state index contributed by atoms with van der Waals surface area (Å²) in [5.74, 6) is 2.44. The Bertz CT molecular complexity index is 837. The number of nitrogens with zero attached hydrogens (tertiary/aromatic N) is 4. The molecule has 2 heterocycles. The first-order valence-electron chi connectivity index (χ1n) is 10.7. The normalized spacial score (nSPS) is 17.3. The first kappa shape index (κ1) is 22.8. The van der Waals surface area contributed by atoms with Gasteiger partial charge in [0.25, 0.3) is 0 Å². The molecule has 1 atom stereocenters. The molecule has 1 aromatic carbocycles. The Morgan fingerprint density at radius 3 is 2.74 bits per heavy atom. The summed E-state index contributed by atoms with van der Waals surface area (Å²) in [7, 11) is 1.76. The zero-order valence-corrected chi connectivity index (χ0v) is 18.4. The molecule has 0 amide bonds. The van der Waals surface area contributed by atoms with Crippen LogP contribution in [0.2, 0.25) is 0 Å². The standard InChI is InChI=1S/C22H32F2N6O/c1-16(2)14-30-12-10-26-20(30)13-27-22(25-3)28-17-5-4-11-29(15-17)18-6-8-19(9-7-18)31-21(23)24/h6-10,12,16-17,21H,4-5,11,13-15H2,1-3H3,(H2,25,27,28). The van der Waals surface area contributed by atoms with Crippen molar-refractivity contribution in [3.8, 4) is 5.75 Å². The molecule has 1 aromatic heterocycles. The largest absolute Gasteiger partial charge is 0.435 e. The number of hydrogen-bond donors (Lipinski definition) is 2. The van der Waals surface area contributed by atoms with Crippen LogP contribution in [0.25, 0.3) is 0 Å². The van der Waals surface area contributed by atoms with Gasteiger partial charge in [-0.3, -0.25) is 4.99 Å². The summed E-state index contributed by atoms with van der Waals surface area (Å²) in [6, 6.07) is 7.03. The second kappa shape index (κ2) is 11.0. The average molecular weight is 435 g/mol. The fraction of sp³-hybridized carbons (Fsp3) is 0.545. The van der Waals surface area contributed by atoms with Crippen LogP contribution in [0.15, 0.2) is 41.7 Å². The number of guanidine groups is 1. The SMILES string of the molecule is CN=C(NCc1nccn1CC(C)C)NC1CCCN(c2ccc(OC(F)F)cc2)C1. The van der Waals surface area contributed by atoms with Crippen LogP contribution in [-0.4, -0.2) is 48.3 Å². The van der Waals surface area contributed by atoms with E-state index in [1.807, 2.05) is 24.5 Å². The highest BCUT2D eigenvalue weighted by atomic mass is 19.3. The summed E-state index contributed by atoms with van der Waals surface area (Å²) in [6.07, 6.45) is 5.89. The molecule has 0 spiro atoms. The maximum Gasteiger partial charge on any atom is 0.387 e. The second-order valence-electron chi connectivity index (χ2n) is 8.12. The van der Waals surface area contributed by atoms with Gasteiger partial charge in [-0.1, -0.05) is 13.8 Å². The molecule has 1 unspecified atom stereocenters. The van der Waals surface area contributed by atoms with Crippen LogP contribution >= 0.6 is 0 Å². The van der Waals surface area contributed by atoms with E-state index >= 15 is 0 Å². The topological polar surface area (TPSA) is 66.7 Å². The summed E-state index contributed by atoms with van der Waals surface area (Å²) < 4.78 is 31.3. The predicted octanol–water partition coefficient (Wildman–Crippen LogP) is 3.47. The first-order valence-corrected chi connectivity index (χ1v) is 10.7. The van der Waals surface area contributed by atoms with Gasteiger partial charge in [0.15, 0.2) is 5.96 Å². The minimum Gasteiger partial charge on any atom is -0.435 e. The minimum atomic E-state index is -2.81. The monoisotopic (exact) mass is 434 g/mol. The lowest BCUT2D eigenvalue weighted by atomic mass is 10.0. The van der Waals surface area contributed by atoms with Crippen LogP contribution in [0.1, 0.15) is 32.5 Å². The van der Waals surface area contributed by atoms with Crippen molar-refractivity contribution in [2.24, 2.45) is 10.9 Å². The molecule has 1 fully saturated rings. The molecular formula is C22H32F2N6O. The maximum atomic E-state index is 12.3. The number of aliphatic imine (C=N–C) groups is 1. The number of aromatic nitrogens is 2. The molecule has 0 radical (unpaired) electrons. The van der Waals surface area contributed by atoms with E-state index in [9.17, 15) is 8.78 Å². The van der Waals surface area contributed by atoms with E-state index in [2.05, 4.69) is 48.7 Å². The molecule has 0 bridgehead atoms. The van der Waals surface area contributed by atoms with Crippen molar-refractivity contribution in [2.45, 2.75) is 52.4 Å². The molecule has 7 nitrogen and oxygen atoms in total. The summed E-state index contributed by atoms with van der Waals surface area (Å²) >= 11 is 0. The Morgan fingerprint density at radius 2 is 2.06 bits per heavy atom. The van der Waals surface area contributed by atoms with Crippen LogP contribution < -0.4 is 20.3 Å². The highest BCUT2D eigenvalue weighted by Crippen LogP contribution is 2.23. The lowest BCUT2D eigenvalue weighted by Crippen LogP contribution is -2.51. The van der Waals surface area contributed by atoms with Crippen molar-refractivity contribution in [1.29, 1.82) is 0 Å².